The Morgan fingerprint density at radius 2 is 1.19 bits per heavy atom. The van der Waals surface area contributed by atoms with Crippen LogP contribution in [-0.4, -0.2) is 37.5 Å². The number of unbranched alkanes of at least 4 members (excludes halogenated alkanes) is 4. The molecule has 0 atom stereocenters. The van der Waals surface area contributed by atoms with Gasteiger partial charge in [0.05, 0.1) is 10.8 Å². The zero-order valence-electron chi connectivity index (χ0n) is 18.0. The van der Waals surface area contributed by atoms with E-state index in [0.717, 1.165) is 57.8 Å². The predicted octanol–water partition coefficient (Wildman–Crippen LogP) is 4.74. The molecule has 0 bridgehead atoms. The summed E-state index contributed by atoms with van der Waals surface area (Å²) in [4.78, 5) is 22.4. The molecule has 0 unspecified atom stereocenters. The van der Waals surface area contributed by atoms with Crippen LogP contribution < -0.4 is 0 Å². The van der Waals surface area contributed by atoms with Crippen molar-refractivity contribution in [1.29, 1.82) is 0 Å². The number of aryl methyl sites for hydroxylation is 1. The highest BCUT2D eigenvalue weighted by molar-refractivity contribution is 5.78. The van der Waals surface area contributed by atoms with Gasteiger partial charge in [-0.3, -0.25) is 9.59 Å². The zero-order chi connectivity index (χ0) is 22.6. The molecule has 0 radical (unpaired) electrons. The van der Waals surface area contributed by atoms with Crippen LogP contribution in [0.2, 0.25) is 0 Å². The van der Waals surface area contributed by atoms with Gasteiger partial charge in [-0.2, -0.15) is 0 Å². The van der Waals surface area contributed by atoms with E-state index in [1.165, 1.54) is 6.07 Å². The van der Waals surface area contributed by atoms with Crippen LogP contribution in [0.3, 0.4) is 0 Å². The Bertz CT molecular complexity index is 822. The molecule has 1 aromatic carbocycles. The minimum absolute atomic E-state index is 0.0173. The van der Waals surface area contributed by atoms with E-state index in [2.05, 4.69) is 0 Å². The van der Waals surface area contributed by atoms with Gasteiger partial charge in [-0.05, 0) is 75.8 Å². The monoisotopic (exact) mass is 434 g/mol. The molecule has 3 rings (SSSR count). The van der Waals surface area contributed by atoms with Gasteiger partial charge < -0.3 is 25.5 Å². The lowest BCUT2D eigenvalue weighted by atomic mass is 9.94. The smallest absolute Gasteiger partial charge is 0.309 e. The Kier molecular flexibility index (Phi) is 7.02. The topological polar surface area (TPSA) is 135 Å². The molecular formula is C24H34O7. The van der Waals surface area contributed by atoms with Crippen molar-refractivity contribution in [3.8, 4) is 17.2 Å². The Balaban J connectivity index is 1.45. The summed E-state index contributed by atoms with van der Waals surface area (Å²) in [6.45, 7) is 0. The molecule has 7 heteroatoms. The first-order chi connectivity index (χ1) is 14.7. The minimum Gasteiger partial charge on any atom is -0.507 e. The van der Waals surface area contributed by atoms with E-state index in [4.69, 9.17) is 0 Å². The summed E-state index contributed by atoms with van der Waals surface area (Å²) < 4.78 is 0. The molecule has 2 aliphatic rings. The number of aromatic hydroxyl groups is 3. The van der Waals surface area contributed by atoms with Crippen LogP contribution in [-0.2, 0) is 22.4 Å². The predicted molar refractivity (Wildman–Crippen MR) is 114 cm³/mol. The van der Waals surface area contributed by atoms with Gasteiger partial charge in [0.25, 0.3) is 0 Å². The molecular weight excluding hydrogens is 400 g/mol. The van der Waals surface area contributed by atoms with Crippen molar-refractivity contribution >= 4 is 11.9 Å². The summed E-state index contributed by atoms with van der Waals surface area (Å²) in [6.07, 6.45) is 10.0. The Labute approximate surface area is 182 Å². The molecule has 2 saturated carbocycles. The molecule has 0 aliphatic heterocycles. The number of carboxylic acid groups (broad SMARTS) is 2. The average Bonchev–Trinajstić information content (AvgIpc) is 3.63. The summed E-state index contributed by atoms with van der Waals surface area (Å²) in [5.74, 6) is -1.93. The Morgan fingerprint density at radius 1 is 0.710 bits per heavy atom. The second-order valence-corrected chi connectivity index (χ2v) is 9.52. The maximum atomic E-state index is 11.2. The summed E-state index contributed by atoms with van der Waals surface area (Å²) in [6, 6.07) is 1.40. The largest absolute Gasteiger partial charge is 0.507 e. The van der Waals surface area contributed by atoms with Crippen molar-refractivity contribution in [3.63, 3.8) is 0 Å². The molecule has 0 amide bonds. The maximum Gasteiger partial charge on any atom is 0.309 e. The molecule has 0 aromatic heterocycles. The molecule has 0 saturated heterocycles. The highest BCUT2D eigenvalue weighted by Crippen LogP contribution is 2.51. The van der Waals surface area contributed by atoms with Gasteiger partial charge in [-0.25, -0.2) is 0 Å². The van der Waals surface area contributed by atoms with Crippen molar-refractivity contribution < 1.29 is 35.1 Å². The lowest BCUT2D eigenvalue weighted by molar-refractivity contribution is -0.144. The Hall–Kier alpha value is -2.44. The third-order valence-electron chi connectivity index (χ3n) is 7.23. The first-order valence-corrected chi connectivity index (χ1v) is 11.4. The minimum atomic E-state index is -0.712. The second-order valence-electron chi connectivity index (χ2n) is 9.52. The van der Waals surface area contributed by atoms with Crippen molar-refractivity contribution in [2.75, 3.05) is 0 Å². The summed E-state index contributed by atoms with van der Waals surface area (Å²) in [5, 5.41) is 49.3. The van der Waals surface area contributed by atoms with Gasteiger partial charge in [0.2, 0.25) is 0 Å². The molecule has 1 aromatic rings. The number of rotatable bonds is 14. The van der Waals surface area contributed by atoms with Crippen LogP contribution in [0.1, 0.15) is 88.2 Å². The molecule has 5 N–H and O–H groups in total. The zero-order valence-corrected chi connectivity index (χ0v) is 18.0. The number of phenolic OH excluding ortho intramolecular Hbond substituents is 3. The lowest BCUT2D eigenvalue weighted by Gasteiger charge is -2.14. The highest BCUT2D eigenvalue weighted by atomic mass is 16.4. The standard InChI is InChI=1S/C24H34O7/c25-18-15-16(7-3-1-5-9-23(11-12-23)21(28)29)19(26)17(20(18)27)8-4-2-6-10-24(13-14-24)22(30)31/h15,25-27H,1-14H2,(H,28,29)(H,30,31). The maximum absolute atomic E-state index is 11.2. The van der Waals surface area contributed by atoms with Crippen LogP contribution in [0.25, 0.3) is 0 Å². The van der Waals surface area contributed by atoms with Crippen molar-refractivity contribution in [3.05, 3.63) is 17.2 Å². The fourth-order valence-electron chi connectivity index (χ4n) is 4.53. The number of hydrogen-bond acceptors (Lipinski definition) is 5. The van der Waals surface area contributed by atoms with E-state index in [1.54, 1.807) is 0 Å². The summed E-state index contributed by atoms with van der Waals surface area (Å²) >= 11 is 0. The van der Waals surface area contributed by atoms with Crippen molar-refractivity contribution in [2.24, 2.45) is 10.8 Å². The SMILES string of the molecule is O=C(O)C1(CCCCCc2cc(O)c(O)c(CCCCCC3(C(=O)O)CC3)c2O)CC1. The molecule has 2 aliphatic carbocycles. The van der Waals surface area contributed by atoms with E-state index in [9.17, 15) is 35.1 Å². The Morgan fingerprint density at radius 3 is 1.65 bits per heavy atom. The van der Waals surface area contributed by atoms with E-state index >= 15 is 0 Å². The third kappa shape index (κ3) is 5.43. The number of aliphatic carboxylic acids is 2. The van der Waals surface area contributed by atoms with Gasteiger partial charge >= 0.3 is 11.9 Å². The molecule has 7 nitrogen and oxygen atoms in total. The quantitative estimate of drug-likeness (QED) is 0.162. The fraction of sp³-hybridized carbons (Fsp3) is 0.667. The van der Waals surface area contributed by atoms with Gasteiger partial charge in [-0.15, -0.1) is 0 Å². The number of phenols is 3. The van der Waals surface area contributed by atoms with Crippen LogP contribution >= 0.6 is 0 Å². The van der Waals surface area contributed by atoms with Gasteiger partial charge in [-0.1, -0.05) is 25.7 Å². The fourth-order valence-corrected chi connectivity index (χ4v) is 4.53. The van der Waals surface area contributed by atoms with Crippen molar-refractivity contribution in [2.45, 2.75) is 89.9 Å². The highest BCUT2D eigenvalue weighted by Gasteiger charge is 2.49. The van der Waals surface area contributed by atoms with Crippen LogP contribution in [0.4, 0.5) is 0 Å². The van der Waals surface area contributed by atoms with Gasteiger partial charge in [0, 0.05) is 5.56 Å². The van der Waals surface area contributed by atoms with E-state index < -0.39 is 22.8 Å². The van der Waals surface area contributed by atoms with E-state index in [1.807, 2.05) is 0 Å². The number of benzene rings is 1. The average molecular weight is 435 g/mol. The van der Waals surface area contributed by atoms with Crippen LogP contribution in [0.15, 0.2) is 6.07 Å². The second kappa shape index (κ2) is 9.37. The third-order valence-corrected chi connectivity index (χ3v) is 7.23. The van der Waals surface area contributed by atoms with E-state index in [-0.39, 0.29) is 17.2 Å². The molecule has 172 valence electrons. The summed E-state index contributed by atoms with van der Waals surface area (Å²) in [7, 11) is 0. The molecule has 0 heterocycles. The van der Waals surface area contributed by atoms with Gasteiger partial charge in [0.15, 0.2) is 11.5 Å². The normalized spacial score (nSPS) is 17.9. The number of carbonyl (C=O) groups is 2. The first kappa shape index (κ1) is 23.2. The van der Waals surface area contributed by atoms with Crippen molar-refractivity contribution in [1.82, 2.24) is 0 Å². The molecule has 2 fully saturated rings. The molecule has 0 spiro atoms. The summed E-state index contributed by atoms with van der Waals surface area (Å²) in [5.41, 5.74) is -0.0911. The van der Waals surface area contributed by atoms with E-state index in [0.29, 0.717) is 43.2 Å². The lowest BCUT2D eigenvalue weighted by Crippen LogP contribution is -2.14. The van der Waals surface area contributed by atoms with Gasteiger partial charge in [0.1, 0.15) is 5.75 Å². The van der Waals surface area contributed by atoms with Crippen LogP contribution in [0.5, 0.6) is 17.2 Å². The first-order valence-electron chi connectivity index (χ1n) is 11.4. The molecule has 31 heavy (non-hydrogen) atoms. The van der Waals surface area contributed by atoms with Crippen LogP contribution in [0, 0.1) is 10.8 Å². The number of hydrogen-bond donors (Lipinski definition) is 5. The number of carboxylic acids is 2.